The first-order chi connectivity index (χ1) is 7.15. The standard InChI is InChI=1S/C11H17NO3/c1-4-14-11(13)9(3)12-8(2)10-6-5-7-15-10/h5-9,12H,4H2,1-3H3/t8-,9?/m0/s1. The summed E-state index contributed by atoms with van der Waals surface area (Å²) >= 11 is 0. The van der Waals surface area contributed by atoms with Crippen LogP contribution in [-0.4, -0.2) is 18.6 Å². The molecule has 1 heterocycles. The average molecular weight is 211 g/mol. The van der Waals surface area contributed by atoms with Crippen LogP contribution in [0.25, 0.3) is 0 Å². The zero-order valence-corrected chi connectivity index (χ0v) is 9.32. The van der Waals surface area contributed by atoms with E-state index in [2.05, 4.69) is 5.32 Å². The summed E-state index contributed by atoms with van der Waals surface area (Å²) in [7, 11) is 0. The fourth-order valence-corrected chi connectivity index (χ4v) is 1.33. The van der Waals surface area contributed by atoms with Gasteiger partial charge < -0.3 is 9.15 Å². The van der Waals surface area contributed by atoms with E-state index in [-0.39, 0.29) is 18.1 Å². The van der Waals surface area contributed by atoms with Gasteiger partial charge in [-0.3, -0.25) is 10.1 Å². The molecule has 0 aliphatic carbocycles. The third-order valence-electron chi connectivity index (χ3n) is 2.11. The van der Waals surface area contributed by atoms with Crippen LogP contribution in [0.2, 0.25) is 0 Å². The molecule has 0 aliphatic rings. The highest BCUT2D eigenvalue weighted by atomic mass is 16.5. The number of hydrogen-bond acceptors (Lipinski definition) is 4. The molecule has 0 saturated carbocycles. The van der Waals surface area contributed by atoms with Crippen molar-refractivity contribution in [1.82, 2.24) is 5.32 Å². The minimum absolute atomic E-state index is 0.000550. The second-order valence-corrected chi connectivity index (χ2v) is 3.38. The number of furan rings is 1. The smallest absolute Gasteiger partial charge is 0.322 e. The fourth-order valence-electron chi connectivity index (χ4n) is 1.33. The summed E-state index contributed by atoms with van der Waals surface area (Å²) in [6, 6.07) is 3.36. The third kappa shape index (κ3) is 3.40. The van der Waals surface area contributed by atoms with Crippen LogP contribution in [0.15, 0.2) is 22.8 Å². The van der Waals surface area contributed by atoms with Crippen LogP contribution in [0.5, 0.6) is 0 Å². The van der Waals surface area contributed by atoms with Crippen LogP contribution >= 0.6 is 0 Å². The Labute approximate surface area is 89.6 Å². The van der Waals surface area contributed by atoms with Crippen LogP contribution in [0.4, 0.5) is 0 Å². The van der Waals surface area contributed by atoms with Crippen molar-refractivity contribution in [1.29, 1.82) is 0 Å². The molecule has 0 fully saturated rings. The van der Waals surface area contributed by atoms with Crippen LogP contribution in [0, 0.1) is 0 Å². The molecule has 1 aromatic heterocycles. The maximum Gasteiger partial charge on any atom is 0.322 e. The van der Waals surface area contributed by atoms with Gasteiger partial charge in [0.05, 0.1) is 18.9 Å². The van der Waals surface area contributed by atoms with Crippen LogP contribution in [0.1, 0.15) is 32.6 Å². The van der Waals surface area contributed by atoms with Crippen molar-refractivity contribution in [2.24, 2.45) is 0 Å². The lowest BCUT2D eigenvalue weighted by Crippen LogP contribution is -2.36. The van der Waals surface area contributed by atoms with Crippen LogP contribution in [-0.2, 0) is 9.53 Å². The molecule has 1 aromatic rings. The van der Waals surface area contributed by atoms with E-state index in [1.807, 2.05) is 19.1 Å². The van der Waals surface area contributed by atoms with Gasteiger partial charge in [0.2, 0.25) is 0 Å². The molecule has 0 bridgehead atoms. The molecule has 0 saturated heterocycles. The molecule has 2 atom stereocenters. The van der Waals surface area contributed by atoms with Gasteiger partial charge in [-0.1, -0.05) is 0 Å². The molecule has 1 rings (SSSR count). The number of hydrogen-bond donors (Lipinski definition) is 1. The Hall–Kier alpha value is -1.29. The van der Waals surface area contributed by atoms with Gasteiger partial charge in [0, 0.05) is 0 Å². The number of esters is 1. The second kappa shape index (κ2) is 5.56. The van der Waals surface area contributed by atoms with E-state index >= 15 is 0 Å². The summed E-state index contributed by atoms with van der Waals surface area (Å²) in [5.41, 5.74) is 0. The molecule has 4 heteroatoms. The zero-order valence-electron chi connectivity index (χ0n) is 9.32. The van der Waals surface area contributed by atoms with Gasteiger partial charge >= 0.3 is 5.97 Å². The lowest BCUT2D eigenvalue weighted by Gasteiger charge is -2.16. The number of ether oxygens (including phenoxy) is 1. The summed E-state index contributed by atoms with van der Waals surface area (Å²) < 4.78 is 10.1. The van der Waals surface area contributed by atoms with Crippen LogP contribution < -0.4 is 5.32 Å². The van der Waals surface area contributed by atoms with E-state index in [4.69, 9.17) is 9.15 Å². The minimum Gasteiger partial charge on any atom is -0.468 e. The van der Waals surface area contributed by atoms with Gasteiger partial charge in [-0.25, -0.2) is 0 Å². The van der Waals surface area contributed by atoms with Gasteiger partial charge in [0.1, 0.15) is 11.8 Å². The Morgan fingerprint density at radius 2 is 2.33 bits per heavy atom. The number of carbonyl (C=O) groups excluding carboxylic acids is 1. The molecular formula is C11H17NO3. The Morgan fingerprint density at radius 1 is 1.60 bits per heavy atom. The van der Waals surface area contributed by atoms with Gasteiger partial charge in [0.15, 0.2) is 0 Å². The predicted molar refractivity (Wildman–Crippen MR) is 56.4 cm³/mol. The monoisotopic (exact) mass is 211 g/mol. The summed E-state index contributed by atoms with van der Waals surface area (Å²) in [5.74, 6) is 0.571. The molecule has 1 N–H and O–H groups in total. The zero-order chi connectivity index (χ0) is 11.3. The van der Waals surface area contributed by atoms with E-state index in [1.54, 1.807) is 20.1 Å². The molecule has 15 heavy (non-hydrogen) atoms. The van der Waals surface area contributed by atoms with Gasteiger partial charge in [-0.05, 0) is 32.9 Å². The van der Waals surface area contributed by atoms with Crippen molar-refractivity contribution in [2.45, 2.75) is 32.9 Å². The maximum atomic E-state index is 11.3. The molecule has 0 aliphatic heterocycles. The molecule has 1 unspecified atom stereocenters. The molecule has 0 spiro atoms. The molecule has 84 valence electrons. The summed E-state index contributed by atoms with van der Waals surface area (Å²) in [5, 5.41) is 3.10. The van der Waals surface area contributed by atoms with Crippen molar-refractivity contribution in [3.8, 4) is 0 Å². The number of rotatable bonds is 5. The highest BCUT2D eigenvalue weighted by Crippen LogP contribution is 2.12. The van der Waals surface area contributed by atoms with Crippen molar-refractivity contribution in [3.63, 3.8) is 0 Å². The van der Waals surface area contributed by atoms with Crippen molar-refractivity contribution >= 4 is 5.97 Å². The number of carbonyl (C=O) groups is 1. The molecule has 0 radical (unpaired) electrons. The Bertz CT molecular complexity index is 295. The van der Waals surface area contributed by atoms with E-state index in [9.17, 15) is 4.79 Å². The Kier molecular flexibility index (Phi) is 4.37. The Balaban J connectivity index is 2.44. The first-order valence-electron chi connectivity index (χ1n) is 5.11. The minimum atomic E-state index is -0.329. The summed E-state index contributed by atoms with van der Waals surface area (Å²) in [6.45, 7) is 5.91. The SMILES string of the molecule is CCOC(=O)C(C)N[C@@H](C)c1ccco1. The highest BCUT2D eigenvalue weighted by molar-refractivity contribution is 5.75. The normalized spacial score (nSPS) is 14.6. The number of nitrogens with one attached hydrogen (secondary N) is 1. The molecule has 0 amide bonds. The van der Waals surface area contributed by atoms with Gasteiger partial charge in [-0.2, -0.15) is 0 Å². The summed E-state index contributed by atoms with van der Waals surface area (Å²) in [4.78, 5) is 11.3. The van der Waals surface area contributed by atoms with Gasteiger partial charge in [-0.15, -0.1) is 0 Å². The molecule has 0 aromatic carbocycles. The highest BCUT2D eigenvalue weighted by Gasteiger charge is 2.18. The third-order valence-corrected chi connectivity index (χ3v) is 2.11. The van der Waals surface area contributed by atoms with Gasteiger partial charge in [0.25, 0.3) is 0 Å². The summed E-state index contributed by atoms with van der Waals surface area (Å²) in [6.07, 6.45) is 1.61. The largest absolute Gasteiger partial charge is 0.468 e. The fraction of sp³-hybridized carbons (Fsp3) is 0.545. The quantitative estimate of drug-likeness (QED) is 0.755. The second-order valence-electron chi connectivity index (χ2n) is 3.38. The van der Waals surface area contributed by atoms with E-state index < -0.39 is 0 Å². The van der Waals surface area contributed by atoms with E-state index in [0.29, 0.717) is 6.61 Å². The lowest BCUT2D eigenvalue weighted by atomic mass is 10.2. The Morgan fingerprint density at radius 3 is 2.87 bits per heavy atom. The maximum absolute atomic E-state index is 11.3. The van der Waals surface area contributed by atoms with E-state index in [1.165, 1.54) is 0 Å². The lowest BCUT2D eigenvalue weighted by molar-refractivity contribution is -0.145. The van der Waals surface area contributed by atoms with Crippen molar-refractivity contribution in [3.05, 3.63) is 24.2 Å². The van der Waals surface area contributed by atoms with E-state index in [0.717, 1.165) is 5.76 Å². The molecule has 4 nitrogen and oxygen atoms in total. The van der Waals surface area contributed by atoms with Crippen molar-refractivity contribution < 1.29 is 13.9 Å². The topological polar surface area (TPSA) is 51.5 Å². The predicted octanol–water partition coefficient (Wildman–Crippen LogP) is 1.88. The first kappa shape index (κ1) is 11.8. The molecular weight excluding hydrogens is 194 g/mol. The first-order valence-corrected chi connectivity index (χ1v) is 5.11. The van der Waals surface area contributed by atoms with Crippen LogP contribution in [0.3, 0.4) is 0 Å². The average Bonchev–Trinajstić information content (AvgIpc) is 2.70. The van der Waals surface area contributed by atoms with Crippen molar-refractivity contribution in [2.75, 3.05) is 6.61 Å².